The molecule has 1 aliphatic rings. The van der Waals surface area contributed by atoms with Crippen LogP contribution in [-0.4, -0.2) is 43.4 Å². The zero-order valence-corrected chi connectivity index (χ0v) is 14.9. The number of ether oxygens (including phenoxy) is 2. The lowest BCUT2D eigenvalue weighted by molar-refractivity contribution is -0.384. The van der Waals surface area contributed by atoms with E-state index in [-0.39, 0.29) is 30.3 Å². The zero-order valence-electron chi connectivity index (χ0n) is 14.1. The van der Waals surface area contributed by atoms with Gasteiger partial charge in [-0.25, -0.2) is 8.42 Å². The number of rotatable bonds is 6. The summed E-state index contributed by atoms with van der Waals surface area (Å²) in [5.74, 6) is 1.21. The SMILES string of the molecule is CCN(CC1COc2ccccc2O1)S(=O)(=O)c1ccc([N+](=O)[O-])cc1. The van der Waals surface area contributed by atoms with Gasteiger partial charge in [0.15, 0.2) is 11.5 Å². The monoisotopic (exact) mass is 378 g/mol. The van der Waals surface area contributed by atoms with Crippen molar-refractivity contribution in [1.29, 1.82) is 0 Å². The van der Waals surface area contributed by atoms with Crippen LogP contribution in [0.15, 0.2) is 53.4 Å². The summed E-state index contributed by atoms with van der Waals surface area (Å²) in [5.41, 5.74) is -0.160. The highest BCUT2D eigenvalue weighted by Crippen LogP contribution is 2.31. The maximum absolute atomic E-state index is 12.8. The molecule has 0 aromatic heterocycles. The predicted molar refractivity (Wildman–Crippen MR) is 93.9 cm³/mol. The molecule has 0 spiro atoms. The summed E-state index contributed by atoms with van der Waals surface area (Å²) < 4.78 is 38.4. The summed E-state index contributed by atoms with van der Waals surface area (Å²) in [7, 11) is -3.80. The summed E-state index contributed by atoms with van der Waals surface area (Å²) in [6.07, 6.45) is -0.447. The van der Waals surface area contributed by atoms with E-state index in [1.54, 1.807) is 19.1 Å². The van der Waals surface area contributed by atoms with Crippen LogP contribution in [0.5, 0.6) is 11.5 Å². The number of hydrogen-bond acceptors (Lipinski definition) is 6. The summed E-state index contributed by atoms with van der Waals surface area (Å²) in [6.45, 7) is 2.31. The third-order valence-electron chi connectivity index (χ3n) is 4.01. The Hall–Kier alpha value is -2.65. The molecule has 1 aliphatic heterocycles. The summed E-state index contributed by atoms with van der Waals surface area (Å²) >= 11 is 0. The van der Waals surface area contributed by atoms with E-state index < -0.39 is 21.1 Å². The average Bonchev–Trinajstić information content (AvgIpc) is 2.65. The molecule has 138 valence electrons. The maximum atomic E-state index is 12.8. The van der Waals surface area contributed by atoms with Gasteiger partial charge in [0, 0.05) is 18.7 Å². The van der Waals surface area contributed by atoms with Crippen molar-refractivity contribution in [3.8, 4) is 11.5 Å². The number of fused-ring (bicyclic) bond motifs is 1. The van der Waals surface area contributed by atoms with Crippen LogP contribution >= 0.6 is 0 Å². The van der Waals surface area contributed by atoms with Gasteiger partial charge in [-0.3, -0.25) is 10.1 Å². The van der Waals surface area contributed by atoms with Crippen LogP contribution in [0.3, 0.4) is 0 Å². The highest BCUT2D eigenvalue weighted by molar-refractivity contribution is 7.89. The first-order valence-electron chi connectivity index (χ1n) is 8.05. The van der Waals surface area contributed by atoms with Crippen molar-refractivity contribution in [2.75, 3.05) is 19.7 Å². The van der Waals surface area contributed by atoms with Crippen molar-refractivity contribution in [3.05, 3.63) is 58.6 Å². The highest BCUT2D eigenvalue weighted by Gasteiger charge is 2.29. The van der Waals surface area contributed by atoms with Gasteiger partial charge in [-0.05, 0) is 24.3 Å². The fourth-order valence-electron chi connectivity index (χ4n) is 2.67. The molecule has 0 bridgehead atoms. The second kappa shape index (κ2) is 7.30. The third kappa shape index (κ3) is 3.63. The molecule has 9 heteroatoms. The van der Waals surface area contributed by atoms with Gasteiger partial charge in [-0.1, -0.05) is 19.1 Å². The van der Waals surface area contributed by atoms with Crippen LogP contribution in [-0.2, 0) is 10.0 Å². The number of nitrogens with zero attached hydrogens (tertiary/aromatic N) is 2. The molecule has 3 rings (SSSR count). The molecule has 0 amide bonds. The molecule has 1 atom stereocenters. The minimum absolute atomic E-state index is 0.00192. The fourth-order valence-corrected chi connectivity index (χ4v) is 4.15. The van der Waals surface area contributed by atoms with Crippen molar-refractivity contribution < 1.29 is 22.8 Å². The molecule has 0 saturated carbocycles. The first kappa shape index (κ1) is 18.2. The number of likely N-dealkylation sites (N-methyl/N-ethyl adjacent to an activating group) is 1. The molecule has 2 aromatic carbocycles. The van der Waals surface area contributed by atoms with Gasteiger partial charge < -0.3 is 9.47 Å². The molecule has 1 unspecified atom stereocenters. The highest BCUT2D eigenvalue weighted by atomic mass is 32.2. The van der Waals surface area contributed by atoms with Gasteiger partial charge in [-0.15, -0.1) is 0 Å². The van der Waals surface area contributed by atoms with Crippen LogP contribution in [0.2, 0.25) is 0 Å². The third-order valence-corrected chi connectivity index (χ3v) is 5.97. The summed E-state index contributed by atoms with van der Waals surface area (Å²) in [5, 5.41) is 10.7. The summed E-state index contributed by atoms with van der Waals surface area (Å²) in [4.78, 5) is 10.2. The lowest BCUT2D eigenvalue weighted by atomic mass is 10.2. The van der Waals surface area contributed by atoms with Gasteiger partial charge in [0.25, 0.3) is 5.69 Å². The Morgan fingerprint density at radius 3 is 2.42 bits per heavy atom. The number of benzene rings is 2. The molecule has 26 heavy (non-hydrogen) atoms. The Morgan fingerprint density at radius 1 is 1.15 bits per heavy atom. The first-order valence-corrected chi connectivity index (χ1v) is 9.49. The average molecular weight is 378 g/mol. The zero-order chi connectivity index (χ0) is 18.7. The molecule has 0 N–H and O–H groups in total. The van der Waals surface area contributed by atoms with Crippen LogP contribution in [0.4, 0.5) is 5.69 Å². The van der Waals surface area contributed by atoms with E-state index in [9.17, 15) is 18.5 Å². The second-order valence-electron chi connectivity index (χ2n) is 5.70. The molecule has 8 nitrogen and oxygen atoms in total. The molecule has 0 radical (unpaired) electrons. The number of nitro groups is 1. The normalized spacial score (nSPS) is 16.5. The van der Waals surface area contributed by atoms with E-state index in [0.29, 0.717) is 11.5 Å². The lowest BCUT2D eigenvalue weighted by Crippen LogP contribution is -2.43. The second-order valence-corrected chi connectivity index (χ2v) is 7.64. The van der Waals surface area contributed by atoms with E-state index in [4.69, 9.17) is 9.47 Å². The Labute approximate surface area is 151 Å². The van der Waals surface area contributed by atoms with E-state index in [1.807, 2.05) is 12.1 Å². The van der Waals surface area contributed by atoms with Gasteiger partial charge in [0.2, 0.25) is 10.0 Å². The van der Waals surface area contributed by atoms with E-state index >= 15 is 0 Å². The van der Waals surface area contributed by atoms with Crippen molar-refractivity contribution in [1.82, 2.24) is 4.31 Å². The van der Waals surface area contributed by atoms with Gasteiger partial charge in [0.1, 0.15) is 12.7 Å². The van der Waals surface area contributed by atoms with Crippen molar-refractivity contribution in [2.24, 2.45) is 0 Å². The number of para-hydroxylation sites is 2. The van der Waals surface area contributed by atoms with Gasteiger partial charge in [0.05, 0.1) is 16.4 Å². The minimum atomic E-state index is -3.80. The largest absolute Gasteiger partial charge is 0.486 e. The van der Waals surface area contributed by atoms with E-state index in [1.165, 1.54) is 28.6 Å². The number of sulfonamides is 1. The maximum Gasteiger partial charge on any atom is 0.269 e. The smallest absolute Gasteiger partial charge is 0.269 e. The Kier molecular flexibility index (Phi) is 5.10. The minimum Gasteiger partial charge on any atom is -0.486 e. The molecule has 0 fully saturated rings. The first-order chi connectivity index (χ1) is 12.4. The fraction of sp³-hybridized carbons (Fsp3) is 0.294. The summed E-state index contributed by atoms with van der Waals surface area (Å²) in [6, 6.07) is 12.0. The van der Waals surface area contributed by atoms with Crippen molar-refractivity contribution in [3.63, 3.8) is 0 Å². The Balaban J connectivity index is 1.76. The standard InChI is InChI=1S/C17H18N2O6S/c1-2-18(11-14-12-24-16-5-3-4-6-17(16)25-14)26(22,23)15-9-7-13(8-10-15)19(20)21/h3-10,14H,2,11-12H2,1H3. The van der Waals surface area contributed by atoms with Crippen LogP contribution in [0.25, 0.3) is 0 Å². The van der Waals surface area contributed by atoms with Crippen molar-refractivity contribution >= 4 is 15.7 Å². The van der Waals surface area contributed by atoms with Gasteiger partial charge in [-0.2, -0.15) is 4.31 Å². The van der Waals surface area contributed by atoms with Crippen LogP contribution < -0.4 is 9.47 Å². The molecular formula is C17H18N2O6S. The van der Waals surface area contributed by atoms with Crippen LogP contribution in [0, 0.1) is 10.1 Å². The lowest BCUT2D eigenvalue weighted by Gasteiger charge is -2.30. The number of non-ortho nitro benzene ring substituents is 1. The number of nitro benzene ring substituents is 1. The van der Waals surface area contributed by atoms with Crippen LogP contribution in [0.1, 0.15) is 6.92 Å². The van der Waals surface area contributed by atoms with Gasteiger partial charge >= 0.3 is 0 Å². The molecule has 0 saturated heterocycles. The Bertz CT molecular complexity index is 898. The molecule has 2 aromatic rings. The quantitative estimate of drug-likeness (QED) is 0.565. The molecular weight excluding hydrogens is 360 g/mol. The van der Waals surface area contributed by atoms with E-state index in [0.717, 1.165) is 0 Å². The molecule has 1 heterocycles. The van der Waals surface area contributed by atoms with E-state index in [2.05, 4.69) is 0 Å². The van der Waals surface area contributed by atoms with Crippen molar-refractivity contribution in [2.45, 2.75) is 17.9 Å². The number of hydrogen-bond donors (Lipinski definition) is 0. The topological polar surface area (TPSA) is 99.0 Å². The predicted octanol–water partition coefficient (Wildman–Crippen LogP) is 2.45. The molecule has 0 aliphatic carbocycles. The Morgan fingerprint density at radius 2 is 1.81 bits per heavy atom.